The molecule has 2 aromatic heterocycles. The van der Waals surface area contributed by atoms with Crippen LogP contribution in [-0.4, -0.2) is 64.4 Å². The van der Waals surface area contributed by atoms with Crippen molar-refractivity contribution in [2.75, 3.05) is 27.2 Å². The summed E-state index contributed by atoms with van der Waals surface area (Å²) in [4.78, 5) is 9.82. The highest BCUT2D eigenvalue weighted by Crippen LogP contribution is 2.24. The van der Waals surface area contributed by atoms with E-state index in [9.17, 15) is 5.11 Å². The van der Waals surface area contributed by atoms with E-state index in [1.165, 1.54) is 0 Å². The van der Waals surface area contributed by atoms with E-state index in [0.29, 0.717) is 30.8 Å². The lowest BCUT2D eigenvalue weighted by Crippen LogP contribution is -2.37. The summed E-state index contributed by atoms with van der Waals surface area (Å²) in [6.45, 7) is 2.17. The van der Waals surface area contributed by atoms with Crippen LogP contribution in [0.15, 0.2) is 22.0 Å². The molecule has 0 bridgehead atoms. The number of β-amino-alcohol motifs (C(OH)–C–C–N with tert-alkyl or cyclic N) is 1. The zero-order valence-corrected chi connectivity index (χ0v) is 13.1. The number of likely N-dealkylation sites (tertiary alicyclic amines) is 1. The van der Waals surface area contributed by atoms with Gasteiger partial charge in [-0.1, -0.05) is 11.2 Å². The zero-order chi connectivity index (χ0) is 14.8. The van der Waals surface area contributed by atoms with Crippen molar-refractivity contribution in [1.29, 1.82) is 0 Å². The Morgan fingerprint density at radius 1 is 1.52 bits per heavy atom. The van der Waals surface area contributed by atoms with Gasteiger partial charge >= 0.3 is 0 Å². The van der Waals surface area contributed by atoms with Crippen molar-refractivity contribution in [1.82, 2.24) is 19.9 Å². The highest BCUT2D eigenvalue weighted by molar-refractivity contribution is 7.13. The maximum atomic E-state index is 9.89. The molecule has 21 heavy (non-hydrogen) atoms. The summed E-state index contributed by atoms with van der Waals surface area (Å²) >= 11 is 1.60. The Balaban J connectivity index is 1.68. The Bertz CT molecular complexity index is 569. The lowest BCUT2D eigenvalue weighted by molar-refractivity contribution is 0.158. The third-order valence-electron chi connectivity index (χ3n) is 3.63. The zero-order valence-electron chi connectivity index (χ0n) is 12.3. The molecule has 6 nitrogen and oxygen atoms in total. The Kier molecular flexibility index (Phi) is 4.34. The average Bonchev–Trinajstić information content (AvgIpc) is 3.11. The minimum absolute atomic E-state index is 0.269. The standard InChI is InChI=1S/C14H20N4O2S/c1-17(2)7-10-6-11(19)8-18(10)9-13-15-14(16-20-13)12-4-3-5-21-12/h3-5,10-11,19H,6-9H2,1-2H3. The van der Waals surface area contributed by atoms with Crippen LogP contribution < -0.4 is 0 Å². The molecule has 0 saturated carbocycles. The summed E-state index contributed by atoms with van der Waals surface area (Å²) < 4.78 is 5.35. The number of aliphatic hydroxyl groups excluding tert-OH is 1. The molecule has 1 saturated heterocycles. The third-order valence-corrected chi connectivity index (χ3v) is 4.50. The van der Waals surface area contributed by atoms with Crippen molar-refractivity contribution in [3.8, 4) is 10.7 Å². The molecule has 0 aromatic carbocycles. The van der Waals surface area contributed by atoms with Crippen LogP contribution in [0.25, 0.3) is 10.7 Å². The number of nitrogens with zero attached hydrogens (tertiary/aromatic N) is 4. The molecule has 2 unspecified atom stereocenters. The van der Waals surface area contributed by atoms with Crippen molar-refractivity contribution in [2.24, 2.45) is 0 Å². The smallest absolute Gasteiger partial charge is 0.241 e. The number of hydrogen-bond acceptors (Lipinski definition) is 7. The molecule has 3 heterocycles. The number of aromatic nitrogens is 2. The second-order valence-electron chi connectivity index (χ2n) is 5.72. The van der Waals surface area contributed by atoms with Gasteiger partial charge in [-0.05, 0) is 32.0 Å². The molecule has 1 N–H and O–H groups in total. The second-order valence-corrected chi connectivity index (χ2v) is 6.67. The molecule has 3 rings (SSSR count). The fourth-order valence-electron chi connectivity index (χ4n) is 2.76. The Hall–Kier alpha value is -1.28. The van der Waals surface area contributed by atoms with Crippen molar-refractivity contribution >= 4 is 11.3 Å². The number of rotatable bonds is 5. The van der Waals surface area contributed by atoms with E-state index in [2.05, 4.69) is 19.9 Å². The fourth-order valence-corrected chi connectivity index (χ4v) is 3.41. The quantitative estimate of drug-likeness (QED) is 0.898. The first-order chi connectivity index (χ1) is 10.1. The number of likely N-dealkylation sites (N-methyl/N-ethyl adjacent to an activating group) is 1. The predicted octanol–water partition coefficient (Wildman–Crippen LogP) is 1.29. The van der Waals surface area contributed by atoms with Crippen LogP contribution in [0.1, 0.15) is 12.3 Å². The van der Waals surface area contributed by atoms with Gasteiger partial charge in [0.15, 0.2) is 0 Å². The molecule has 0 amide bonds. The van der Waals surface area contributed by atoms with Crippen LogP contribution in [0.4, 0.5) is 0 Å². The van der Waals surface area contributed by atoms with Crippen LogP contribution in [0.5, 0.6) is 0 Å². The summed E-state index contributed by atoms with van der Waals surface area (Å²) in [5.74, 6) is 1.25. The highest BCUT2D eigenvalue weighted by Gasteiger charge is 2.32. The van der Waals surface area contributed by atoms with Crippen molar-refractivity contribution in [3.05, 3.63) is 23.4 Å². The molecule has 0 aliphatic carbocycles. The normalized spacial score (nSPS) is 23.2. The molecule has 1 aliphatic rings. The van der Waals surface area contributed by atoms with E-state index < -0.39 is 0 Å². The number of hydrogen-bond donors (Lipinski definition) is 1. The maximum Gasteiger partial charge on any atom is 0.241 e. The predicted molar refractivity (Wildman–Crippen MR) is 81.0 cm³/mol. The van der Waals surface area contributed by atoms with Gasteiger partial charge in [-0.2, -0.15) is 4.98 Å². The van der Waals surface area contributed by atoms with Gasteiger partial charge in [0, 0.05) is 19.1 Å². The largest absolute Gasteiger partial charge is 0.392 e. The van der Waals surface area contributed by atoms with Gasteiger partial charge in [0.1, 0.15) is 0 Å². The van der Waals surface area contributed by atoms with Crippen LogP contribution in [0.2, 0.25) is 0 Å². The molecular weight excluding hydrogens is 288 g/mol. The number of thiophene rings is 1. The van der Waals surface area contributed by atoms with Gasteiger partial charge in [0.2, 0.25) is 11.7 Å². The van der Waals surface area contributed by atoms with Gasteiger partial charge in [0.25, 0.3) is 0 Å². The SMILES string of the molecule is CN(C)CC1CC(O)CN1Cc1nc(-c2cccs2)no1. The topological polar surface area (TPSA) is 65.6 Å². The van der Waals surface area contributed by atoms with Crippen molar-refractivity contribution in [2.45, 2.75) is 25.1 Å². The van der Waals surface area contributed by atoms with Crippen LogP contribution >= 0.6 is 11.3 Å². The molecule has 2 aromatic rings. The summed E-state index contributed by atoms with van der Waals surface area (Å²) in [5.41, 5.74) is 0. The van der Waals surface area contributed by atoms with E-state index in [-0.39, 0.29) is 6.10 Å². The summed E-state index contributed by atoms with van der Waals surface area (Å²) in [6.07, 6.45) is 0.527. The van der Waals surface area contributed by atoms with E-state index in [1.807, 2.05) is 31.6 Å². The van der Waals surface area contributed by atoms with Crippen LogP contribution in [-0.2, 0) is 6.54 Å². The highest BCUT2D eigenvalue weighted by atomic mass is 32.1. The van der Waals surface area contributed by atoms with E-state index in [0.717, 1.165) is 17.8 Å². The average molecular weight is 308 g/mol. The van der Waals surface area contributed by atoms with Gasteiger partial charge in [0.05, 0.1) is 17.5 Å². The second kappa shape index (κ2) is 6.23. The van der Waals surface area contributed by atoms with E-state index >= 15 is 0 Å². The first-order valence-electron chi connectivity index (χ1n) is 7.05. The van der Waals surface area contributed by atoms with Gasteiger partial charge in [-0.25, -0.2) is 0 Å². The van der Waals surface area contributed by atoms with Crippen molar-refractivity contribution in [3.63, 3.8) is 0 Å². The lowest BCUT2D eigenvalue weighted by Gasteiger charge is -2.25. The molecule has 0 spiro atoms. The van der Waals surface area contributed by atoms with Gasteiger partial charge < -0.3 is 14.5 Å². The van der Waals surface area contributed by atoms with Crippen molar-refractivity contribution < 1.29 is 9.63 Å². The van der Waals surface area contributed by atoms with Gasteiger partial charge in [-0.3, -0.25) is 4.90 Å². The Morgan fingerprint density at radius 2 is 2.38 bits per heavy atom. The summed E-state index contributed by atoms with van der Waals surface area (Å²) in [6, 6.07) is 4.28. The van der Waals surface area contributed by atoms with Crippen LogP contribution in [0.3, 0.4) is 0 Å². The third kappa shape index (κ3) is 3.49. The fraction of sp³-hybridized carbons (Fsp3) is 0.571. The number of aliphatic hydroxyl groups is 1. The maximum absolute atomic E-state index is 9.89. The van der Waals surface area contributed by atoms with E-state index in [1.54, 1.807) is 11.3 Å². The van der Waals surface area contributed by atoms with Crippen LogP contribution in [0, 0.1) is 0 Å². The molecule has 1 aliphatic heterocycles. The molecule has 1 fully saturated rings. The first-order valence-corrected chi connectivity index (χ1v) is 7.93. The first kappa shape index (κ1) is 14.6. The molecule has 114 valence electrons. The summed E-state index contributed by atoms with van der Waals surface area (Å²) in [5, 5.41) is 15.9. The molecule has 0 radical (unpaired) electrons. The minimum atomic E-state index is -0.269. The minimum Gasteiger partial charge on any atom is -0.392 e. The molecule has 2 atom stereocenters. The Labute approximate surface area is 128 Å². The lowest BCUT2D eigenvalue weighted by atomic mass is 10.2. The molecular formula is C14H20N4O2S. The monoisotopic (exact) mass is 308 g/mol. The van der Waals surface area contributed by atoms with E-state index in [4.69, 9.17) is 4.52 Å². The van der Waals surface area contributed by atoms with Gasteiger partial charge in [-0.15, -0.1) is 11.3 Å². The Morgan fingerprint density at radius 3 is 3.10 bits per heavy atom. The summed E-state index contributed by atoms with van der Waals surface area (Å²) in [7, 11) is 4.09. The molecule has 7 heteroatoms.